The van der Waals surface area contributed by atoms with E-state index in [1.807, 2.05) is 61.5 Å². The van der Waals surface area contributed by atoms with Crippen LogP contribution in [0.4, 0.5) is 5.82 Å². The molecule has 0 aliphatic carbocycles. The molecule has 0 bridgehead atoms. The maximum atomic E-state index is 12.1. The lowest BCUT2D eigenvalue weighted by Crippen LogP contribution is -2.38. The van der Waals surface area contributed by atoms with Gasteiger partial charge >= 0.3 is 0 Å². The number of aromatic nitrogens is 4. The van der Waals surface area contributed by atoms with E-state index in [9.17, 15) is 9.90 Å². The molecule has 5 rings (SSSR count). The number of fused-ring (bicyclic) bond motifs is 1. The van der Waals surface area contributed by atoms with Gasteiger partial charge in [-0.3, -0.25) is 9.36 Å². The van der Waals surface area contributed by atoms with Crippen LogP contribution < -0.4 is 10.6 Å². The van der Waals surface area contributed by atoms with E-state index >= 15 is 0 Å². The van der Waals surface area contributed by atoms with E-state index in [-0.39, 0.29) is 12.3 Å². The Morgan fingerprint density at radius 1 is 1.18 bits per heavy atom. The molecule has 9 heteroatoms. The van der Waals surface area contributed by atoms with E-state index in [0.717, 1.165) is 16.7 Å². The summed E-state index contributed by atoms with van der Waals surface area (Å²) in [7, 11) is 1.52. The summed E-state index contributed by atoms with van der Waals surface area (Å²) in [6, 6.07) is 18.0. The predicted molar refractivity (Wildman–Crippen MR) is 128 cm³/mol. The number of aliphatic hydroxyl groups is 1. The molecule has 0 radical (unpaired) electrons. The molecule has 0 unspecified atom stereocenters. The van der Waals surface area contributed by atoms with Gasteiger partial charge in [-0.2, -0.15) is 0 Å². The highest BCUT2D eigenvalue weighted by Gasteiger charge is 2.40. The molecule has 4 aromatic rings. The second kappa shape index (κ2) is 9.20. The van der Waals surface area contributed by atoms with Crippen LogP contribution in [0.1, 0.15) is 23.8 Å². The Morgan fingerprint density at radius 3 is 2.76 bits per heavy atom. The number of carbonyl (C=O) groups excluding carboxylic acids is 1. The van der Waals surface area contributed by atoms with Crippen molar-refractivity contribution in [2.45, 2.75) is 38.3 Å². The monoisotopic (exact) mass is 458 g/mol. The van der Waals surface area contributed by atoms with Crippen molar-refractivity contribution in [2.75, 3.05) is 12.4 Å². The zero-order valence-electron chi connectivity index (χ0n) is 19.0. The molecule has 1 saturated heterocycles. The average molecular weight is 459 g/mol. The normalized spacial score (nSPS) is 19.9. The molecule has 34 heavy (non-hydrogen) atoms. The second-order valence-electron chi connectivity index (χ2n) is 8.36. The van der Waals surface area contributed by atoms with Gasteiger partial charge in [-0.1, -0.05) is 54.1 Å². The van der Waals surface area contributed by atoms with Crippen LogP contribution in [-0.2, 0) is 16.1 Å². The summed E-state index contributed by atoms with van der Waals surface area (Å²) in [5, 5.41) is 16.3. The first kappa shape index (κ1) is 22.0. The fourth-order valence-corrected chi connectivity index (χ4v) is 4.15. The van der Waals surface area contributed by atoms with E-state index in [1.54, 1.807) is 10.9 Å². The number of anilines is 1. The van der Waals surface area contributed by atoms with Crippen LogP contribution in [0.5, 0.6) is 0 Å². The zero-order valence-corrected chi connectivity index (χ0v) is 19.0. The number of nitrogens with one attached hydrogen (secondary N) is 2. The quantitative estimate of drug-likeness (QED) is 0.407. The highest BCUT2D eigenvalue weighted by atomic mass is 16.5. The average Bonchev–Trinajstić information content (AvgIpc) is 3.46. The highest BCUT2D eigenvalue weighted by molar-refractivity contribution is 5.85. The van der Waals surface area contributed by atoms with E-state index in [1.165, 1.54) is 7.05 Å². The fraction of sp³-hybridized carbons (Fsp3) is 0.280. The number of ether oxygens (including phenoxy) is 1. The number of hydrogen-bond acceptors (Lipinski definition) is 7. The van der Waals surface area contributed by atoms with E-state index in [2.05, 4.69) is 15.6 Å². The van der Waals surface area contributed by atoms with Crippen molar-refractivity contribution >= 4 is 22.9 Å². The number of carbonyl (C=O) groups is 1. The number of nitrogens with zero attached hydrogens (tertiary/aromatic N) is 4. The minimum absolute atomic E-state index is 0.250. The highest BCUT2D eigenvalue weighted by Crippen LogP contribution is 2.33. The third kappa shape index (κ3) is 4.23. The minimum atomic E-state index is -0.943. The van der Waals surface area contributed by atoms with Gasteiger partial charge in [0, 0.05) is 25.6 Å². The van der Waals surface area contributed by atoms with Gasteiger partial charge in [0.2, 0.25) is 0 Å². The Hall–Kier alpha value is -3.82. The zero-order chi connectivity index (χ0) is 23.7. The second-order valence-corrected chi connectivity index (χ2v) is 8.36. The number of aryl methyl sites for hydroxylation is 1. The molecule has 1 fully saturated rings. The van der Waals surface area contributed by atoms with Crippen molar-refractivity contribution in [1.29, 1.82) is 0 Å². The third-order valence-electron chi connectivity index (χ3n) is 5.91. The van der Waals surface area contributed by atoms with Gasteiger partial charge in [-0.05, 0) is 18.6 Å². The Morgan fingerprint density at radius 2 is 2.00 bits per heavy atom. The summed E-state index contributed by atoms with van der Waals surface area (Å²) in [6.45, 7) is 2.60. The number of rotatable bonds is 6. The van der Waals surface area contributed by atoms with Crippen molar-refractivity contribution in [1.82, 2.24) is 24.8 Å². The Balaban J connectivity index is 1.56. The van der Waals surface area contributed by atoms with Crippen LogP contribution in [0.2, 0.25) is 0 Å². The van der Waals surface area contributed by atoms with Crippen LogP contribution in [0.15, 0.2) is 60.9 Å². The third-order valence-corrected chi connectivity index (χ3v) is 5.91. The summed E-state index contributed by atoms with van der Waals surface area (Å²) in [6.07, 6.45) is -0.571. The Bertz CT molecular complexity index is 1320. The number of imidazole rings is 1. The number of aliphatic hydroxyl groups excluding tert-OH is 1. The number of amides is 1. The molecule has 0 saturated carbocycles. The molecule has 1 aliphatic rings. The molecule has 9 nitrogen and oxygen atoms in total. The summed E-state index contributed by atoms with van der Waals surface area (Å²) >= 11 is 0. The Kier molecular flexibility index (Phi) is 5.95. The van der Waals surface area contributed by atoms with Crippen molar-refractivity contribution in [3.8, 4) is 11.4 Å². The molecule has 174 valence electrons. The molecular formula is C25H26N6O3. The smallest absolute Gasteiger partial charge is 0.251 e. The van der Waals surface area contributed by atoms with Crippen LogP contribution in [0.25, 0.3) is 22.6 Å². The maximum absolute atomic E-state index is 12.1. The van der Waals surface area contributed by atoms with E-state index < -0.39 is 18.4 Å². The lowest BCUT2D eigenvalue weighted by Gasteiger charge is -2.15. The van der Waals surface area contributed by atoms with E-state index in [4.69, 9.17) is 14.7 Å². The lowest BCUT2D eigenvalue weighted by atomic mass is 10.1. The van der Waals surface area contributed by atoms with Crippen LogP contribution in [0.3, 0.4) is 0 Å². The number of likely N-dealkylation sites (N-methyl/N-ethyl adjacent to an activating group) is 1. The van der Waals surface area contributed by atoms with Gasteiger partial charge in [0.1, 0.15) is 6.23 Å². The van der Waals surface area contributed by atoms with Gasteiger partial charge in [0.05, 0.1) is 12.4 Å². The molecule has 3 N–H and O–H groups in total. The first-order valence-electron chi connectivity index (χ1n) is 11.2. The van der Waals surface area contributed by atoms with Crippen molar-refractivity contribution in [3.63, 3.8) is 0 Å². The topological polar surface area (TPSA) is 114 Å². The maximum Gasteiger partial charge on any atom is 0.251 e. The van der Waals surface area contributed by atoms with Crippen molar-refractivity contribution < 1.29 is 14.6 Å². The molecular weight excluding hydrogens is 432 g/mol. The van der Waals surface area contributed by atoms with Gasteiger partial charge in [0.15, 0.2) is 28.9 Å². The number of benzene rings is 2. The van der Waals surface area contributed by atoms with Crippen LogP contribution in [0, 0.1) is 6.92 Å². The minimum Gasteiger partial charge on any atom is -0.390 e. The summed E-state index contributed by atoms with van der Waals surface area (Å²) in [5.74, 6) is 0.792. The predicted octanol–water partition coefficient (Wildman–Crippen LogP) is 2.81. The largest absolute Gasteiger partial charge is 0.390 e. The summed E-state index contributed by atoms with van der Waals surface area (Å²) in [5.41, 5.74) is 4.25. The first-order chi connectivity index (χ1) is 16.5. The van der Waals surface area contributed by atoms with Crippen LogP contribution in [-0.4, -0.2) is 49.8 Å². The molecule has 3 atom stereocenters. The number of hydrogen-bond donors (Lipinski definition) is 3. The molecule has 2 aromatic carbocycles. The van der Waals surface area contributed by atoms with Gasteiger partial charge < -0.3 is 20.5 Å². The van der Waals surface area contributed by atoms with Gasteiger partial charge in [-0.25, -0.2) is 15.0 Å². The molecule has 0 spiro atoms. The molecule has 2 aromatic heterocycles. The summed E-state index contributed by atoms with van der Waals surface area (Å²) < 4.78 is 7.65. The molecule has 3 heterocycles. The fourth-order valence-electron chi connectivity index (χ4n) is 4.15. The van der Waals surface area contributed by atoms with Crippen molar-refractivity contribution in [2.24, 2.45) is 0 Å². The van der Waals surface area contributed by atoms with Crippen LogP contribution >= 0.6 is 0 Å². The van der Waals surface area contributed by atoms with E-state index in [0.29, 0.717) is 29.4 Å². The Labute approximate surface area is 196 Å². The summed E-state index contributed by atoms with van der Waals surface area (Å²) in [4.78, 5) is 26.2. The molecule has 1 amide bonds. The first-order valence-corrected chi connectivity index (χ1v) is 11.2. The molecule has 1 aliphatic heterocycles. The van der Waals surface area contributed by atoms with Crippen molar-refractivity contribution in [3.05, 3.63) is 72.1 Å². The SMILES string of the molecule is CNC(=O)[C@H]1O[C@@H](n2cnc3c(NCc4ccccc4)nc(-c4cccc(C)c4)nc32)C[C@@H]1O. The standard InChI is InChI=1S/C25H26N6O3/c1-15-7-6-10-17(11-15)22-29-23(27-13-16-8-4-3-5-9-16)20-24(30-22)31(14-28-20)19-12-18(32)21(34-19)25(33)26-2/h3-11,14,18-19,21,32H,12-13H2,1-2H3,(H,26,33)(H,27,29,30)/t18-,19+,21-/m0/s1. The van der Waals surface area contributed by atoms with Gasteiger partial charge in [-0.15, -0.1) is 0 Å². The lowest BCUT2D eigenvalue weighted by molar-refractivity contribution is -0.137. The van der Waals surface area contributed by atoms with Gasteiger partial charge in [0.25, 0.3) is 5.91 Å².